The molecule has 0 bridgehead atoms. The summed E-state index contributed by atoms with van der Waals surface area (Å²) in [6, 6.07) is 4.30. The van der Waals surface area contributed by atoms with Crippen LogP contribution in [0.3, 0.4) is 0 Å². The summed E-state index contributed by atoms with van der Waals surface area (Å²) in [7, 11) is 0. The van der Waals surface area contributed by atoms with E-state index in [1.165, 1.54) is 21.3 Å². The maximum absolute atomic E-state index is 4.07. The van der Waals surface area contributed by atoms with Crippen LogP contribution in [-0.4, -0.2) is 14.6 Å². The van der Waals surface area contributed by atoms with Gasteiger partial charge in [0.15, 0.2) is 0 Å². The predicted octanol–water partition coefficient (Wildman–Crippen LogP) is 2.56. The number of thiazole rings is 1. The maximum Gasteiger partial charge on any atom is 0.217 e. The SMILES string of the molecule is Cc1ccc(C)c2c1sc1nncn12. The van der Waals surface area contributed by atoms with E-state index in [9.17, 15) is 0 Å². The van der Waals surface area contributed by atoms with E-state index < -0.39 is 0 Å². The van der Waals surface area contributed by atoms with Crippen molar-refractivity contribution in [3.63, 3.8) is 0 Å². The molecular formula is C10H9N3S. The monoisotopic (exact) mass is 203 g/mol. The normalized spacial score (nSPS) is 11.6. The first-order valence-corrected chi connectivity index (χ1v) is 5.27. The van der Waals surface area contributed by atoms with E-state index in [1.807, 2.05) is 0 Å². The van der Waals surface area contributed by atoms with E-state index in [0.717, 1.165) is 4.96 Å². The molecule has 0 saturated carbocycles. The van der Waals surface area contributed by atoms with Crippen molar-refractivity contribution >= 4 is 26.5 Å². The summed E-state index contributed by atoms with van der Waals surface area (Å²) in [6.45, 7) is 4.25. The first-order chi connectivity index (χ1) is 6.77. The molecule has 0 saturated heterocycles. The number of hydrogen-bond acceptors (Lipinski definition) is 3. The Hall–Kier alpha value is -1.42. The van der Waals surface area contributed by atoms with Crippen molar-refractivity contribution in [3.8, 4) is 0 Å². The molecule has 0 unspecified atom stereocenters. The second-order valence-electron chi connectivity index (χ2n) is 3.46. The molecule has 3 nitrogen and oxygen atoms in total. The van der Waals surface area contributed by atoms with E-state index in [0.29, 0.717) is 0 Å². The third-order valence-electron chi connectivity index (χ3n) is 2.48. The van der Waals surface area contributed by atoms with Crippen LogP contribution >= 0.6 is 11.3 Å². The summed E-state index contributed by atoms with van der Waals surface area (Å²) in [5.74, 6) is 0. The molecule has 70 valence electrons. The Morgan fingerprint density at radius 3 is 2.86 bits per heavy atom. The third kappa shape index (κ3) is 0.861. The number of hydrogen-bond donors (Lipinski definition) is 0. The molecule has 3 rings (SSSR count). The summed E-state index contributed by atoms with van der Waals surface area (Å²) in [4.78, 5) is 0.970. The van der Waals surface area contributed by atoms with Gasteiger partial charge < -0.3 is 0 Å². The molecule has 0 spiro atoms. The fraction of sp³-hybridized carbons (Fsp3) is 0.200. The minimum Gasteiger partial charge on any atom is -0.272 e. The summed E-state index contributed by atoms with van der Waals surface area (Å²) in [5.41, 5.74) is 3.83. The minimum absolute atomic E-state index is 0.970. The molecule has 4 heteroatoms. The smallest absolute Gasteiger partial charge is 0.217 e. The minimum atomic E-state index is 0.970. The van der Waals surface area contributed by atoms with Crippen molar-refractivity contribution in [1.29, 1.82) is 0 Å². The highest BCUT2D eigenvalue weighted by atomic mass is 32.1. The van der Waals surface area contributed by atoms with Crippen LogP contribution in [0.5, 0.6) is 0 Å². The molecule has 0 aliphatic carbocycles. The van der Waals surface area contributed by atoms with Crippen LogP contribution in [0.2, 0.25) is 0 Å². The Morgan fingerprint density at radius 2 is 2.00 bits per heavy atom. The van der Waals surface area contributed by atoms with E-state index >= 15 is 0 Å². The maximum atomic E-state index is 4.07. The van der Waals surface area contributed by atoms with E-state index in [4.69, 9.17) is 0 Å². The van der Waals surface area contributed by atoms with E-state index in [2.05, 4.69) is 40.6 Å². The van der Waals surface area contributed by atoms with Crippen LogP contribution in [0.25, 0.3) is 15.2 Å². The van der Waals surface area contributed by atoms with Crippen molar-refractivity contribution in [3.05, 3.63) is 29.6 Å². The first-order valence-electron chi connectivity index (χ1n) is 4.46. The van der Waals surface area contributed by atoms with Crippen LogP contribution in [0.4, 0.5) is 0 Å². The van der Waals surface area contributed by atoms with Gasteiger partial charge in [-0.15, -0.1) is 10.2 Å². The average molecular weight is 203 g/mol. The molecule has 14 heavy (non-hydrogen) atoms. The van der Waals surface area contributed by atoms with Crippen molar-refractivity contribution in [2.24, 2.45) is 0 Å². The third-order valence-corrected chi connectivity index (χ3v) is 3.66. The lowest BCUT2D eigenvalue weighted by atomic mass is 10.1. The van der Waals surface area contributed by atoms with Gasteiger partial charge in [-0.05, 0) is 25.0 Å². The Bertz CT molecular complexity index is 621. The van der Waals surface area contributed by atoms with Gasteiger partial charge in [0.1, 0.15) is 6.33 Å². The van der Waals surface area contributed by atoms with Gasteiger partial charge in [0.2, 0.25) is 4.96 Å². The highest BCUT2D eigenvalue weighted by Gasteiger charge is 2.09. The Kier molecular flexibility index (Phi) is 1.44. The van der Waals surface area contributed by atoms with Gasteiger partial charge in [0.05, 0.1) is 10.2 Å². The van der Waals surface area contributed by atoms with Crippen molar-refractivity contribution in [2.45, 2.75) is 13.8 Å². The highest BCUT2D eigenvalue weighted by molar-refractivity contribution is 7.23. The second-order valence-corrected chi connectivity index (χ2v) is 4.44. The number of aromatic nitrogens is 3. The molecule has 0 N–H and O–H groups in total. The number of benzene rings is 1. The lowest BCUT2D eigenvalue weighted by Crippen LogP contribution is -1.83. The van der Waals surface area contributed by atoms with Crippen LogP contribution in [0, 0.1) is 13.8 Å². The number of fused-ring (bicyclic) bond motifs is 3. The molecule has 0 amide bonds. The summed E-state index contributed by atoms with van der Waals surface area (Å²) in [5, 5.41) is 7.98. The van der Waals surface area contributed by atoms with Crippen LogP contribution in [0.15, 0.2) is 18.5 Å². The molecule has 2 heterocycles. The standard InChI is InChI=1S/C10H9N3S/c1-6-3-4-7(2)9-8(6)13-5-11-12-10(13)14-9/h3-5H,1-2H3. The van der Waals surface area contributed by atoms with Crippen molar-refractivity contribution < 1.29 is 0 Å². The molecule has 2 aromatic heterocycles. The van der Waals surface area contributed by atoms with Gasteiger partial charge in [-0.2, -0.15) is 0 Å². The topological polar surface area (TPSA) is 30.2 Å². The molecule has 3 aromatic rings. The number of aryl methyl sites for hydroxylation is 2. The molecule has 0 fully saturated rings. The van der Waals surface area contributed by atoms with Crippen molar-refractivity contribution in [2.75, 3.05) is 0 Å². The van der Waals surface area contributed by atoms with E-state index in [-0.39, 0.29) is 0 Å². The summed E-state index contributed by atoms with van der Waals surface area (Å²) >= 11 is 1.70. The van der Waals surface area contributed by atoms with Gasteiger partial charge in [0.25, 0.3) is 0 Å². The number of rotatable bonds is 0. The van der Waals surface area contributed by atoms with E-state index in [1.54, 1.807) is 17.7 Å². The molecule has 0 atom stereocenters. The molecular weight excluding hydrogens is 194 g/mol. The van der Waals surface area contributed by atoms with Gasteiger partial charge in [-0.25, -0.2) is 0 Å². The largest absolute Gasteiger partial charge is 0.272 e. The lowest BCUT2D eigenvalue weighted by molar-refractivity contribution is 1.11. The molecule has 0 aliphatic rings. The second kappa shape index (κ2) is 2.54. The summed E-state index contributed by atoms with van der Waals surface area (Å²) in [6.07, 6.45) is 1.78. The Labute approximate surface area is 85.0 Å². The summed E-state index contributed by atoms with van der Waals surface area (Å²) < 4.78 is 3.37. The zero-order valence-corrected chi connectivity index (χ0v) is 8.80. The number of nitrogens with zero attached hydrogens (tertiary/aromatic N) is 3. The quantitative estimate of drug-likeness (QED) is 0.562. The fourth-order valence-corrected chi connectivity index (χ4v) is 2.83. The zero-order valence-electron chi connectivity index (χ0n) is 7.98. The first kappa shape index (κ1) is 7.94. The lowest BCUT2D eigenvalue weighted by Gasteiger charge is -1.98. The predicted molar refractivity (Wildman–Crippen MR) is 57.8 cm³/mol. The van der Waals surface area contributed by atoms with Crippen molar-refractivity contribution in [1.82, 2.24) is 14.6 Å². The van der Waals surface area contributed by atoms with Crippen LogP contribution in [0.1, 0.15) is 11.1 Å². The zero-order chi connectivity index (χ0) is 9.71. The highest BCUT2D eigenvalue weighted by Crippen LogP contribution is 2.29. The average Bonchev–Trinajstić information content (AvgIpc) is 2.70. The van der Waals surface area contributed by atoms with Gasteiger partial charge >= 0.3 is 0 Å². The molecule has 0 radical (unpaired) electrons. The van der Waals surface area contributed by atoms with Gasteiger partial charge in [0, 0.05) is 0 Å². The van der Waals surface area contributed by atoms with Gasteiger partial charge in [-0.3, -0.25) is 4.40 Å². The molecule has 0 aliphatic heterocycles. The fourth-order valence-electron chi connectivity index (χ4n) is 1.74. The van der Waals surface area contributed by atoms with Gasteiger partial charge in [-0.1, -0.05) is 23.5 Å². The van der Waals surface area contributed by atoms with Crippen LogP contribution in [-0.2, 0) is 0 Å². The van der Waals surface area contributed by atoms with Crippen LogP contribution < -0.4 is 0 Å². The Balaban J connectivity index is 2.68. The Morgan fingerprint density at radius 1 is 1.21 bits per heavy atom. The molecule has 1 aromatic carbocycles.